The minimum atomic E-state index is -0.797. The highest BCUT2D eigenvalue weighted by atomic mass is 32.2. The van der Waals surface area contributed by atoms with Crippen LogP contribution >= 0.6 is 11.8 Å². The summed E-state index contributed by atoms with van der Waals surface area (Å²) in [5.41, 5.74) is 0.467. The highest BCUT2D eigenvalue weighted by molar-refractivity contribution is 8.02. The molecule has 3 aliphatic rings. The van der Waals surface area contributed by atoms with E-state index in [4.69, 9.17) is 4.74 Å². The molecule has 2 amide bonds. The summed E-state index contributed by atoms with van der Waals surface area (Å²) >= 11 is 1.63. The second kappa shape index (κ2) is 10.4. The molecule has 1 aromatic carbocycles. The maximum Gasteiger partial charge on any atom is 0.310 e. The van der Waals surface area contributed by atoms with Crippen molar-refractivity contribution in [1.82, 2.24) is 9.80 Å². The van der Waals surface area contributed by atoms with E-state index in [-0.39, 0.29) is 42.2 Å². The van der Waals surface area contributed by atoms with Gasteiger partial charge in [-0.15, -0.1) is 18.3 Å². The van der Waals surface area contributed by atoms with E-state index in [0.29, 0.717) is 13.0 Å². The largest absolute Gasteiger partial charge is 0.466 e. The molecule has 2 bridgehead atoms. The molecule has 1 aromatic rings. The standard InChI is InChI=1S/C29H40N2O5S/c1-7-14-30(28(4,5)6)26(34)24-29-18(3)15-21(37-29)22(27(35)36-8-2)23(29)25(33)31(24)20(17-32)16-19-12-10-9-11-13-19/h7,9-13,18,20-24,32H,1,8,14-17H2,2-6H3/t18?,20-,21+,22-,23+,24?,29?/m1/s1. The molecular formula is C29H40N2O5S. The number of aliphatic hydroxyl groups is 1. The predicted molar refractivity (Wildman–Crippen MR) is 145 cm³/mol. The van der Waals surface area contributed by atoms with Gasteiger partial charge in [0, 0.05) is 17.3 Å². The summed E-state index contributed by atoms with van der Waals surface area (Å²) in [6.45, 7) is 14.0. The van der Waals surface area contributed by atoms with Crippen molar-refractivity contribution in [1.29, 1.82) is 0 Å². The maximum absolute atomic E-state index is 14.6. The Morgan fingerprint density at radius 2 is 2.00 bits per heavy atom. The number of hydrogen-bond donors (Lipinski definition) is 1. The normalized spacial score (nSPS) is 31.2. The van der Waals surface area contributed by atoms with Gasteiger partial charge in [-0.05, 0) is 52.0 Å². The molecule has 7 atom stereocenters. The number of aliphatic hydroxyl groups excluding tert-OH is 1. The molecule has 7 nitrogen and oxygen atoms in total. The number of nitrogens with zero attached hydrogens (tertiary/aromatic N) is 2. The van der Waals surface area contributed by atoms with Crippen molar-refractivity contribution in [2.45, 2.75) is 75.1 Å². The first-order valence-electron chi connectivity index (χ1n) is 13.3. The molecule has 0 radical (unpaired) electrons. The van der Waals surface area contributed by atoms with E-state index in [1.165, 1.54) is 0 Å². The van der Waals surface area contributed by atoms with Crippen molar-refractivity contribution >= 4 is 29.5 Å². The van der Waals surface area contributed by atoms with Gasteiger partial charge in [-0.2, -0.15) is 0 Å². The lowest BCUT2D eigenvalue weighted by Crippen LogP contribution is -2.62. The first-order valence-corrected chi connectivity index (χ1v) is 14.1. The summed E-state index contributed by atoms with van der Waals surface area (Å²) in [6.07, 6.45) is 2.87. The third-order valence-corrected chi connectivity index (χ3v) is 10.4. The van der Waals surface area contributed by atoms with Gasteiger partial charge < -0.3 is 19.6 Å². The van der Waals surface area contributed by atoms with Gasteiger partial charge in [0.25, 0.3) is 0 Å². The molecule has 0 aromatic heterocycles. The Kier molecular flexibility index (Phi) is 7.82. The Morgan fingerprint density at radius 3 is 2.57 bits per heavy atom. The smallest absolute Gasteiger partial charge is 0.310 e. The van der Waals surface area contributed by atoms with Gasteiger partial charge in [0.1, 0.15) is 6.04 Å². The zero-order valence-electron chi connectivity index (χ0n) is 22.6. The molecule has 1 spiro atoms. The predicted octanol–water partition coefficient (Wildman–Crippen LogP) is 3.30. The maximum atomic E-state index is 14.6. The highest BCUT2D eigenvalue weighted by Crippen LogP contribution is 2.69. The molecule has 3 heterocycles. The number of amides is 2. The van der Waals surface area contributed by atoms with Gasteiger partial charge in [0.05, 0.1) is 35.8 Å². The minimum Gasteiger partial charge on any atom is -0.466 e. The van der Waals surface area contributed by atoms with Gasteiger partial charge in [-0.1, -0.05) is 43.3 Å². The molecule has 202 valence electrons. The monoisotopic (exact) mass is 528 g/mol. The van der Waals surface area contributed by atoms with Gasteiger partial charge in [-0.25, -0.2) is 0 Å². The first kappa shape index (κ1) is 27.7. The zero-order valence-corrected chi connectivity index (χ0v) is 23.4. The summed E-state index contributed by atoms with van der Waals surface area (Å²) in [5, 5.41) is 10.5. The van der Waals surface area contributed by atoms with Gasteiger partial charge in [0.15, 0.2) is 0 Å². The van der Waals surface area contributed by atoms with Crippen LogP contribution in [-0.4, -0.2) is 80.1 Å². The Hall–Kier alpha value is -2.32. The van der Waals surface area contributed by atoms with E-state index in [9.17, 15) is 19.5 Å². The average molecular weight is 529 g/mol. The van der Waals surface area contributed by atoms with Crippen molar-refractivity contribution in [2.24, 2.45) is 17.8 Å². The van der Waals surface area contributed by atoms with Crippen molar-refractivity contribution in [2.75, 3.05) is 19.8 Å². The molecule has 3 fully saturated rings. The molecule has 8 heteroatoms. The number of esters is 1. The molecule has 0 saturated carbocycles. The van der Waals surface area contributed by atoms with Crippen LogP contribution in [0.5, 0.6) is 0 Å². The van der Waals surface area contributed by atoms with Crippen LogP contribution in [0.2, 0.25) is 0 Å². The quantitative estimate of drug-likeness (QED) is 0.391. The van der Waals surface area contributed by atoms with Crippen LogP contribution in [-0.2, 0) is 25.5 Å². The second-order valence-corrected chi connectivity index (χ2v) is 13.0. The van der Waals surface area contributed by atoms with Crippen molar-refractivity contribution in [3.05, 3.63) is 48.6 Å². The summed E-state index contributed by atoms with van der Waals surface area (Å²) in [4.78, 5) is 45.5. The number of fused-ring (bicyclic) bond motifs is 1. The second-order valence-electron chi connectivity index (χ2n) is 11.5. The Labute approximate surface area is 224 Å². The number of ether oxygens (including phenoxy) is 1. The summed E-state index contributed by atoms with van der Waals surface area (Å²) in [7, 11) is 0. The van der Waals surface area contributed by atoms with E-state index in [1.807, 2.05) is 51.1 Å². The lowest BCUT2D eigenvalue weighted by atomic mass is 9.66. The molecule has 3 aliphatic heterocycles. The number of rotatable bonds is 9. The van der Waals surface area contributed by atoms with E-state index in [1.54, 1.807) is 34.6 Å². The number of carbonyl (C=O) groups excluding carboxylic acids is 3. The molecule has 37 heavy (non-hydrogen) atoms. The van der Waals surface area contributed by atoms with Crippen LogP contribution in [0.1, 0.15) is 46.6 Å². The lowest BCUT2D eigenvalue weighted by Gasteiger charge is -2.45. The van der Waals surface area contributed by atoms with Gasteiger partial charge in [0.2, 0.25) is 11.8 Å². The lowest BCUT2D eigenvalue weighted by molar-refractivity contribution is -0.154. The number of hydrogen-bond acceptors (Lipinski definition) is 6. The number of benzene rings is 1. The van der Waals surface area contributed by atoms with Gasteiger partial charge >= 0.3 is 5.97 Å². The minimum absolute atomic E-state index is 0.0442. The van der Waals surface area contributed by atoms with Crippen LogP contribution in [0.25, 0.3) is 0 Å². The van der Waals surface area contributed by atoms with Crippen LogP contribution in [0.3, 0.4) is 0 Å². The van der Waals surface area contributed by atoms with E-state index >= 15 is 0 Å². The van der Waals surface area contributed by atoms with E-state index in [2.05, 4.69) is 13.5 Å². The van der Waals surface area contributed by atoms with E-state index < -0.39 is 34.2 Å². The molecule has 3 saturated heterocycles. The Balaban J connectivity index is 1.85. The fraction of sp³-hybridized carbons (Fsp3) is 0.621. The number of carbonyl (C=O) groups is 3. The molecular weight excluding hydrogens is 488 g/mol. The summed E-state index contributed by atoms with van der Waals surface area (Å²) in [5.74, 6) is -1.94. The third kappa shape index (κ3) is 4.50. The van der Waals surface area contributed by atoms with Crippen LogP contribution in [0.15, 0.2) is 43.0 Å². The topological polar surface area (TPSA) is 87.2 Å². The highest BCUT2D eigenvalue weighted by Gasteiger charge is 2.77. The van der Waals surface area contributed by atoms with Crippen LogP contribution < -0.4 is 0 Å². The van der Waals surface area contributed by atoms with Crippen molar-refractivity contribution in [3.63, 3.8) is 0 Å². The number of thioether (sulfide) groups is 1. The van der Waals surface area contributed by atoms with Crippen LogP contribution in [0.4, 0.5) is 0 Å². The van der Waals surface area contributed by atoms with Crippen molar-refractivity contribution in [3.8, 4) is 0 Å². The van der Waals surface area contributed by atoms with E-state index in [0.717, 1.165) is 12.0 Å². The van der Waals surface area contributed by atoms with Gasteiger partial charge in [-0.3, -0.25) is 14.4 Å². The fourth-order valence-corrected chi connectivity index (χ4v) is 9.14. The van der Waals surface area contributed by atoms with Crippen molar-refractivity contribution < 1.29 is 24.2 Å². The third-order valence-electron chi connectivity index (χ3n) is 8.28. The molecule has 0 aliphatic carbocycles. The molecule has 3 unspecified atom stereocenters. The summed E-state index contributed by atoms with van der Waals surface area (Å²) < 4.78 is 4.68. The Bertz CT molecular complexity index is 1040. The van der Waals surface area contributed by atoms with Crippen LogP contribution in [0, 0.1) is 17.8 Å². The molecule has 1 N–H and O–H groups in total. The zero-order chi connectivity index (χ0) is 27.1. The average Bonchev–Trinajstić information content (AvgIpc) is 3.44. The fourth-order valence-electron chi connectivity index (χ4n) is 6.75. The SMILES string of the molecule is C=CCN(C(=O)C1N([C@@H](CO)Cc2ccccc2)C(=O)[C@@H]2[C@H](C(=O)OCC)[C@@H]3CC(C)C12S3)C(C)(C)C. The molecule has 4 rings (SSSR count). The Morgan fingerprint density at radius 1 is 1.32 bits per heavy atom. The number of likely N-dealkylation sites (tertiary alicyclic amines) is 1. The first-order chi connectivity index (χ1) is 17.5. The summed E-state index contributed by atoms with van der Waals surface area (Å²) in [6, 6.07) is 8.30.